The Labute approximate surface area is 112 Å². The molecule has 2 rings (SSSR count). The Morgan fingerprint density at radius 2 is 2.12 bits per heavy atom. The highest BCUT2D eigenvalue weighted by Crippen LogP contribution is 2.30. The standard InChI is InChI=1S/C11H14Cl2N2.ClH/c1-8-7-14-4-5-15(8)11-3-2-9(12)6-10(11)13;/h2-3,6,8,14H,4-5,7H2,1H3;1H/t8-;/m1./s1. The Bertz CT molecular complexity index is 357. The van der Waals surface area contributed by atoms with E-state index in [4.69, 9.17) is 23.2 Å². The van der Waals surface area contributed by atoms with Crippen molar-refractivity contribution in [1.82, 2.24) is 5.32 Å². The lowest BCUT2D eigenvalue weighted by molar-refractivity contribution is 0.501. The topological polar surface area (TPSA) is 15.3 Å². The summed E-state index contributed by atoms with van der Waals surface area (Å²) in [5, 5.41) is 4.77. The number of rotatable bonds is 1. The van der Waals surface area contributed by atoms with Crippen molar-refractivity contribution >= 4 is 41.3 Å². The van der Waals surface area contributed by atoms with Gasteiger partial charge in [0.2, 0.25) is 0 Å². The van der Waals surface area contributed by atoms with Crippen LogP contribution in [0.4, 0.5) is 5.69 Å². The molecule has 0 aliphatic carbocycles. The van der Waals surface area contributed by atoms with E-state index in [1.165, 1.54) is 0 Å². The smallest absolute Gasteiger partial charge is 0.0654 e. The van der Waals surface area contributed by atoms with Crippen molar-refractivity contribution in [3.63, 3.8) is 0 Å². The van der Waals surface area contributed by atoms with Gasteiger partial charge in [0, 0.05) is 30.7 Å². The molecule has 1 aliphatic rings. The molecule has 0 aromatic heterocycles. The highest BCUT2D eigenvalue weighted by atomic mass is 35.5. The highest BCUT2D eigenvalue weighted by molar-refractivity contribution is 6.36. The number of anilines is 1. The van der Waals surface area contributed by atoms with Gasteiger partial charge in [0.05, 0.1) is 10.7 Å². The average Bonchev–Trinajstić information content (AvgIpc) is 2.20. The second-order valence-electron chi connectivity index (χ2n) is 3.84. The molecular weight excluding hydrogens is 266 g/mol. The van der Waals surface area contributed by atoms with E-state index in [1.54, 1.807) is 6.07 Å². The first kappa shape index (κ1) is 13.9. The van der Waals surface area contributed by atoms with Gasteiger partial charge in [-0.05, 0) is 25.1 Å². The van der Waals surface area contributed by atoms with E-state index in [0.29, 0.717) is 11.1 Å². The number of nitrogens with zero attached hydrogens (tertiary/aromatic N) is 1. The summed E-state index contributed by atoms with van der Waals surface area (Å²) in [5.74, 6) is 0. The Balaban J connectivity index is 0.00000128. The van der Waals surface area contributed by atoms with Gasteiger partial charge >= 0.3 is 0 Å². The van der Waals surface area contributed by atoms with Crippen molar-refractivity contribution < 1.29 is 0 Å². The van der Waals surface area contributed by atoms with E-state index >= 15 is 0 Å². The van der Waals surface area contributed by atoms with Crippen molar-refractivity contribution in [3.8, 4) is 0 Å². The van der Waals surface area contributed by atoms with Crippen LogP contribution in [0.2, 0.25) is 10.0 Å². The van der Waals surface area contributed by atoms with Crippen LogP contribution in [0.25, 0.3) is 0 Å². The van der Waals surface area contributed by atoms with Crippen LogP contribution in [0.3, 0.4) is 0 Å². The molecule has 0 unspecified atom stereocenters. The van der Waals surface area contributed by atoms with E-state index in [-0.39, 0.29) is 12.4 Å². The van der Waals surface area contributed by atoms with E-state index < -0.39 is 0 Å². The average molecular weight is 282 g/mol. The van der Waals surface area contributed by atoms with Gasteiger partial charge in [-0.15, -0.1) is 12.4 Å². The molecular formula is C11H15Cl3N2. The van der Waals surface area contributed by atoms with Crippen LogP contribution in [0, 0.1) is 0 Å². The summed E-state index contributed by atoms with van der Waals surface area (Å²) < 4.78 is 0. The van der Waals surface area contributed by atoms with Gasteiger partial charge in [-0.1, -0.05) is 23.2 Å². The second kappa shape index (κ2) is 5.97. The van der Waals surface area contributed by atoms with Crippen LogP contribution in [-0.2, 0) is 0 Å². The molecule has 1 aromatic rings. The van der Waals surface area contributed by atoms with Crippen molar-refractivity contribution in [2.45, 2.75) is 13.0 Å². The molecule has 1 atom stereocenters. The fraction of sp³-hybridized carbons (Fsp3) is 0.455. The first-order valence-corrected chi connectivity index (χ1v) is 5.86. The Hall–Kier alpha value is -0.150. The molecule has 1 aliphatic heterocycles. The minimum atomic E-state index is 0. The molecule has 1 aromatic carbocycles. The number of hydrogen-bond donors (Lipinski definition) is 1. The summed E-state index contributed by atoms with van der Waals surface area (Å²) >= 11 is 12.1. The van der Waals surface area contributed by atoms with Crippen LogP contribution in [-0.4, -0.2) is 25.7 Å². The minimum absolute atomic E-state index is 0. The zero-order valence-electron chi connectivity index (χ0n) is 9.04. The van der Waals surface area contributed by atoms with Crippen LogP contribution < -0.4 is 10.2 Å². The van der Waals surface area contributed by atoms with E-state index in [2.05, 4.69) is 17.1 Å². The quantitative estimate of drug-likeness (QED) is 0.850. The largest absolute Gasteiger partial charge is 0.365 e. The van der Waals surface area contributed by atoms with Crippen molar-refractivity contribution in [3.05, 3.63) is 28.2 Å². The summed E-state index contributed by atoms with van der Waals surface area (Å²) in [6.45, 7) is 5.18. The molecule has 2 nitrogen and oxygen atoms in total. The summed E-state index contributed by atoms with van der Waals surface area (Å²) in [6.07, 6.45) is 0. The molecule has 1 saturated heterocycles. The molecule has 16 heavy (non-hydrogen) atoms. The lowest BCUT2D eigenvalue weighted by Gasteiger charge is -2.36. The molecule has 1 heterocycles. The van der Waals surface area contributed by atoms with Crippen LogP contribution in [0.1, 0.15) is 6.92 Å². The zero-order valence-corrected chi connectivity index (χ0v) is 11.4. The predicted octanol–water partition coefficient (Wildman–Crippen LogP) is 3.21. The molecule has 5 heteroatoms. The van der Waals surface area contributed by atoms with Gasteiger partial charge in [-0.25, -0.2) is 0 Å². The maximum absolute atomic E-state index is 6.18. The van der Waals surface area contributed by atoms with Crippen LogP contribution in [0.15, 0.2) is 18.2 Å². The molecule has 90 valence electrons. The van der Waals surface area contributed by atoms with Gasteiger partial charge < -0.3 is 10.2 Å². The summed E-state index contributed by atoms with van der Waals surface area (Å²) in [6, 6.07) is 6.15. The third-order valence-electron chi connectivity index (χ3n) is 2.72. The normalized spacial score (nSPS) is 20.4. The third kappa shape index (κ3) is 2.95. The summed E-state index contributed by atoms with van der Waals surface area (Å²) in [4.78, 5) is 2.31. The Kier molecular flexibility index (Phi) is 5.19. The number of piperazine rings is 1. The van der Waals surface area contributed by atoms with E-state index in [9.17, 15) is 0 Å². The monoisotopic (exact) mass is 280 g/mol. The summed E-state index contributed by atoms with van der Waals surface area (Å²) in [7, 11) is 0. The van der Waals surface area contributed by atoms with Crippen molar-refractivity contribution in [2.75, 3.05) is 24.5 Å². The second-order valence-corrected chi connectivity index (χ2v) is 4.69. The van der Waals surface area contributed by atoms with E-state index in [1.807, 2.05) is 12.1 Å². The van der Waals surface area contributed by atoms with E-state index in [0.717, 1.165) is 30.3 Å². The number of nitrogens with one attached hydrogen (secondary N) is 1. The van der Waals surface area contributed by atoms with Gasteiger partial charge in [0.15, 0.2) is 0 Å². The van der Waals surface area contributed by atoms with Crippen molar-refractivity contribution in [2.24, 2.45) is 0 Å². The lowest BCUT2D eigenvalue weighted by Crippen LogP contribution is -2.50. The zero-order chi connectivity index (χ0) is 10.8. The fourth-order valence-electron chi connectivity index (χ4n) is 1.91. The number of benzene rings is 1. The molecule has 0 amide bonds. The SMILES string of the molecule is C[C@@H]1CNCCN1c1ccc(Cl)cc1Cl.Cl. The molecule has 1 N–H and O–H groups in total. The van der Waals surface area contributed by atoms with Gasteiger partial charge in [-0.3, -0.25) is 0 Å². The third-order valence-corrected chi connectivity index (χ3v) is 3.26. The number of hydrogen-bond acceptors (Lipinski definition) is 2. The maximum atomic E-state index is 6.18. The minimum Gasteiger partial charge on any atom is -0.365 e. The molecule has 0 saturated carbocycles. The van der Waals surface area contributed by atoms with Crippen LogP contribution in [0.5, 0.6) is 0 Å². The Morgan fingerprint density at radius 1 is 1.38 bits per heavy atom. The lowest BCUT2D eigenvalue weighted by atomic mass is 10.2. The maximum Gasteiger partial charge on any atom is 0.0654 e. The summed E-state index contributed by atoms with van der Waals surface area (Å²) in [5.41, 5.74) is 1.08. The Morgan fingerprint density at radius 3 is 2.75 bits per heavy atom. The van der Waals surface area contributed by atoms with Gasteiger partial charge in [-0.2, -0.15) is 0 Å². The van der Waals surface area contributed by atoms with Crippen LogP contribution >= 0.6 is 35.6 Å². The number of halogens is 3. The van der Waals surface area contributed by atoms with Gasteiger partial charge in [0.25, 0.3) is 0 Å². The molecule has 0 radical (unpaired) electrons. The fourth-order valence-corrected chi connectivity index (χ4v) is 2.43. The predicted molar refractivity (Wildman–Crippen MR) is 73.4 cm³/mol. The highest BCUT2D eigenvalue weighted by Gasteiger charge is 2.19. The van der Waals surface area contributed by atoms with Gasteiger partial charge in [0.1, 0.15) is 0 Å². The molecule has 0 bridgehead atoms. The molecule has 0 spiro atoms. The van der Waals surface area contributed by atoms with Crippen molar-refractivity contribution in [1.29, 1.82) is 0 Å². The first-order chi connectivity index (χ1) is 7.18. The molecule has 1 fully saturated rings. The first-order valence-electron chi connectivity index (χ1n) is 5.11.